The van der Waals surface area contributed by atoms with Crippen molar-refractivity contribution in [3.8, 4) is 6.07 Å². The maximum atomic E-state index is 10.8. The van der Waals surface area contributed by atoms with Gasteiger partial charge in [0.15, 0.2) is 0 Å². The maximum absolute atomic E-state index is 10.8. The van der Waals surface area contributed by atoms with Gasteiger partial charge in [0.2, 0.25) is 5.69 Å². The Morgan fingerprint density at radius 1 is 1.43 bits per heavy atom. The molecule has 1 aliphatic rings. The summed E-state index contributed by atoms with van der Waals surface area (Å²) in [6.07, 6.45) is 5.29. The first-order valence-corrected chi connectivity index (χ1v) is 7.00. The number of nitrogens with zero attached hydrogens (tertiary/aromatic N) is 3. The lowest BCUT2D eigenvalue weighted by Crippen LogP contribution is -2.35. The summed E-state index contributed by atoms with van der Waals surface area (Å²) in [5, 5.41) is 32.4. The van der Waals surface area contributed by atoms with Crippen molar-refractivity contribution in [3.05, 3.63) is 27.9 Å². The normalized spacial score (nSPS) is 17.0. The molecule has 21 heavy (non-hydrogen) atoms. The van der Waals surface area contributed by atoms with E-state index < -0.39 is 4.92 Å². The second kappa shape index (κ2) is 6.50. The molecule has 1 aromatic heterocycles. The summed E-state index contributed by atoms with van der Waals surface area (Å²) in [5.41, 5.74) is -0.654. The van der Waals surface area contributed by atoms with E-state index in [1.165, 1.54) is 18.6 Å². The van der Waals surface area contributed by atoms with E-state index in [-0.39, 0.29) is 23.4 Å². The van der Waals surface area contributed by atoms with Crippen LogP contribution in [0.2, 0.25) is 0 Å². The van der Waals surface area contributed by atoms with Crippen molar-refractivity contribution in [1.29, 1.82) is 5.26 Å². The van der Waals surface area contributed by atoms with Crippen LogP contribution in [0.15, 0.2) is 12.1 Å². The molecule has 1 fully saturated rings. The monoisotopic (exact) mass is 290 g/mol. The molecule has 0 aromatic carbocycles. The van der Waals surface area contributed by atoms with Crippen LogP contribution in [-0.4, -0.2) is 28.2 Å². The Labute approximate surface area is 122 Å². The van der Waals surface area contributed by atoms with Crippen molar-refractivity contribution < 1.29 is 10.0 Å². The summed E-state index contributed by atoms with van der Waals surface area (Å²) in [6.45, 7) is 0.664. The third-order valence-corrected chi connectivity index (χ3v) is 4.07. The van der Waals surface area contributed by atoms with E-state index in [4.69, 9.17) is 5.26 Å². The molecule has 0 aliphatic heterocycles. The average Bonchev–Trinajstić information content (AvgIpc) is 2.53. The van der Waals surface area contributed by atoms with Crippen molar-refractivity contribution in [2.45, 2.75) is 32.1 Å². The molecule has 0 saturated heterocycles. The van der Waals surface area contributed by atoms with Crippen LogP contribution in [-0.2, 0) is 0 Å². The van der Waals surface area contributed by atoms with Crippen LogP contribution < -0.4 is 5.32 Å². The number of anilines is 1. The first-order valence-electron chi connectivity index (χ1n) is 7.00. The number of nitriles is 1. The highest BCUT2D eigenvalue weighted by atomic mass is 16.6. The number of hydrogen-bond acceptors (Lipinski definition) is 6. The van der Waals surface area contributed by atoms with E-state index in [1.807, 2.05) is 0 Å². The lowest BCUT2D eigenvalue weighted by Gasteiger charge is -2.35. The van der Waals surface area contributed by atoms with Gasteiger partial charge in [0, 0.05) is 18.0 Å². The molecular weight excluding hydrogens is 272 g/mol. The fraction of sp³-hybridized carbons (Fsp3) is 0.571. The summed E-state index contributed by atoms with van der Waals surface area (Å²) in [5.74, 6) is 0.426. The third kappa shape index (κ3) is 3.47. The summed E-state index contributed by atoms with van der Waals surface area (Å²) in [7, 11) is 0. The number of nitrogens with one attached hydrogen (secondary N) is 1. The molecule has 0 spiro atoms. The van der Waals surface area contributed by atoms with Crippen LogP contribution in [0.5, 0.6) is 0 Å². The highest BCUT2D eigenvalue weighted by molar-refractivity contribution is 5.50. The van der Waals surface area contributed by atoms with Gasteiger partial charge < -0.3 is 10.4 Å². The van der Waals surface area contributed by atoms with Gasteiger partial charge in [-0.15, -0.1) is 0 Å². The SMILES string of the molecule is N#Cc1nc(NCC2(CO)CCCCC2)ccc1[N+](=O)[O-]. The third-order valence-electron chi connectivity index (χ3n) is 4.07. The number of aromatic nitrogens is 1. The molecule has 1 heterocycles. The molecule has 2 N–H and O–H groups in total. The number of aliphatic hydroxyl groups excluding tert-OH is 1. The average molecular weight is 290 g/mol. The number of rotatable bonds is 5. The predicted octanol–water partition coefficient (Wildman–Crippen LogP) is 2.22. The van der Waals surface area contributed by atoms with Gasteiger partial charge in [-0.3, -0.25) is 10.1 Å². The predicted molar refractivity (Wildman–Crippen MR) is 76.7 cm³/mol. The lowest BCUT2D eigenvalue weighted by molar-refractivity contribution is -0.385. The van der Waals surface area contributed by atoms with Crippen molar-refractivity contribution in [2.75, 3.05) is 18.5 Å². The molecule has 2 rings (SSSR count). The number of nitro groups is 1. The summed E-state index contributed by atoms with van der Waals surface area (Å²) in [6, 6.07) is 4.51. The highest BCUT2D eigenvalue weighted by Gasteiger charge is 2.31. The van der Waals surface area contributed by atoms with Crippen molar-refractivity contribution in [3.63, 3.8) is 0 Å². The Kier molecular flexibility index (Phi) is 4.70. The number of aliphatic hydroxyl groups is 1. The van der Waals surface area contributed by atoms with E-state index in [0.29, 0.717) is 12.4 Å². The van der Waals surface area contributed by atoms with Gasteiger partial charge >= 0.3 is 5.69 Å². The fourth-order valence-corrected chi connectivity index (χ4v) is 2.75. The van der Waals surface area contributed by atoms with Crippen molar-refractivity contribution in [2.24, 2.45) is 5.41 Å². The summed E-state index contributed by atoms with van der Waals surface area (Å²) in [4.78, 5) is 14.1. The van der Waals surface area contributed by atoms with Crippen molar-refractivity contribution in [1.82, 2.24) is 4.98 Å². The molecule has 112 valence electrons. The minimum atomic E-state index is -0.619. The van der Waals surface area contributed by atoms with E-state index >= 15 is 0 Å². The minimum absolute atomic E-state index is 0.109. The van der Waals surface area contributed by atoms with Crippen LogP contribution in [0.3, 0.4) is 0 Å². The van der Waals surface area contributed by atoms with Crippen LogP contribution in [0.4, 0.5) is 11.5 Å². The van der Waals surface area contributed by atoms with Gasteiger partial charge in [-0.1, -0.05) is 19.3 Å². The van der Waals surface area contributed by atoms with E-state index in [1.54, 1.807) is 6.07 Å². The van der Waals surface area contributed by atoms with Gasteiger partial charge in [0.1, 0.15) is 11.9 Å². The Bertz CT molecular complexity index is 562. The van der Waals surface area contributed by atoms with E-state index in [9.17, 15) is 15.2 Å². The minimum Gasteiger partial charge on any atom is -0.396 e. The maximum Gasteiger partial charge on any atom is 0.305 e. The summed E-state index contributed by atoms with van der Waals surface area (Å²) >= 11 is 0. The highest BCUT2D eigenvalue weighted by Crippen LogP contribution is 2.36. The lowest BCUT2D eigenvalue weighted by atomic mass is 9.74. The second-order valence-electron chi connectivity index (χ2n) is 5.51. The van der Waals surface area contributed by atoms with E-state index in [2.05, 4.69) is 10.3 Å². The Morgan fingerprint density at radius 3 is 2.71 bits per heavy atom. The van der Waals surface area contributed by atoms with Gasteiger partial charge in [-0.2, -0.15) is 5.26 Å². The van der Waals surface area contributed by atoms with Crippen LogP contribution in [0.1, 0.15) is 37.8 Å². The first-order chi connectivity index (χ1) is 10.1. The van der Waals surface area contributed by atoms with Gasteiger partial charge in [-0.05, 0) is 18.9 Å². The molecule has 0 atom stereocenters. The topological polar surface area (TPSA) is 112 Å². The van der Waals surface area contributed by atoms with Gasteiger partial charge in [0.05, 0.1) is 11.5 Å². The van der Waals surface area contributed by atoms with E-state index in [0.717, 1.165) is 25.7 Å². The van der Waals surface area contributed by atoms with Crippen LogP contribution in [0, 0.1) is 26.9 Å². The summed E-state index contributed by atoms with van der Waals surface area (Å²) < 4.78 is 0. The zero-order valence-electron chi connectivity index (χ0n) is 11.7. The Hall–Kier alpha value is -2.20. The Morgan fingerprint density at radius 2 is 2.14 bits per heavy atom. The molecule has 0 radical (unpaired) electrons. The van der Waals surface area contributed by atoms with Crippen molar-refractivity contribution >= 4 is 11.5 Å². The fourth-order valence-electron chi connectivity index (χ4n) is 2.75. The molecule has 7 nitrogen and oxygen atoms in total. The molecular formula is C14H18N4O3. The number of pyridine rings is 1. The molecule has 0 bridgehead atoms. The molecule has 0 unspecified atom stereocenters. The molecule has 0 amide bonds. The molecule has 1 aromatic rings. The number of hydrogen-bond donors (Lipinski definition) is 2. The molecule has 1 saturated carbocycles. The largest absolute Gasteiger partial charge is 0.396 e. The smallest absolute Gasteiger partial charge is 0.305 e. The second-order valence-corrected chi connectivity index (χ2v) is 5.51. The van der Waals surface area contributed by atoms with Gasteiger partial charge in [0.25, 0.3) is 0 Å². The van der Waals surface area contributed by atoms with Crippen LogP contribution >= 0.6 is 0 Å². The first kappa shape index (κ1) is 15.2. The zero-order valence-corrected chi connectivity index (χ0v) is 11.7. The quantitative estimate of drug-likeness (QED) is 0.635. The van der Waals surface area contributed by atoms with Gasteiger partial charge in [-0.25, -0.2) is 4.98 Å². The Balaban J connectivity index is 2.09. The standard InChI is InChI=1S/C14H18N4O3/c15-8-11-12(18(20)21)4-5-13(17-11)16-9-14(10-19)6-2-1-3-7-14/h4-5,19H,1-3,6-7,9-10H2,(H,16,17). The molecule has 7 heteroatoms. The zero-order chi connectivity index (χ0) is 15.3. The van der Waals surface area contributed by atoms with Crippen LogP contribution in [0.25, 0.3) is 0 Å². The molecule has 1 aliphatic carbocycles.